The van der Waals surface area contributed by atoms with Gasteiger partial charge < -0.3 is 54.7 Å². The number of ether oxygens (including phenoxy) is 4. The van der Waals surface area contributed by atoms with Crippen molar-refractivity contribution < 1.29 is 69.1 Å². The first kappa shape index (κ1) is 44.1. The van der Waals surface area contributed by atoms with Gasteiger partial charge >= 0.3 is 17.9 Å². The number of carboxylic acid groups (broad SMARTS) is 1. The van der Waals surface area contributed by atoms with Crippen LogP contribution in [0.25, 0.3) is 0 Å². The molecule has 0 aromatic rings. The Morgan fingerprint density at radius 3 is 2.11 bits per heavy atom. The summed E-state index contributed by atoms with van der Waals surface area (Å²) in [6.07, 6.45) is -4.74. The maximum absolute atomic E-state index is 13.1. The maximum atomic E-state index is 13.1. The normalized spacial score (nSPS) is 49.2. The number of allylic oxidation sites excluding steroid dienone is 3. The van der Waals surface area contributed by atoms with Gasteiger partial charge in [-0.05, 0) is 92.8 Å². The molecule has 0 aromatic heterocycles. The molecule has 1 aliphatic heterocycles. The van der Waals surface area contributed by atoms with Crippen LogP contribution in [0, 0.1) is 50.2 Å². The molecule has 6 aliphatic rings. The predicted molar refractivity (Wildman–Crippen MR) is 204 cm³/mol. The molecule has 14 heteroatoms. The number of esters is 2. The number of hydrogen-bond acceptors (Lipinski definition) is 13. The van der Waals surface area contributed by atoms with E-state index in [9.17, 15) is 50.1 Å². The second-order valence-electron chi connectivity index (χ2n) is 19.9. The van der Waals surface area contributed by atoms with E-state index in [1.54, 1.807) is 19.9 Å². The lowest BCUT2D eigenvalue weighted by molar-refractivity contribution is -0.328. The van der Waals surface area contributed by atoms with E-state index < -0.39 is 107 Å². The Kier molecular flexibility index (Phi) is 11.6. The number of rotatable bonds is 8. The summed E-state index contributed by atoms with van der Waals surface area (Å²) >= 11 is 0. The molecule has 0 amide bonds. The molecule has 0 spiro atoms. The van der Waals surface area contributed by atoms with Crippen molar-refractivity contribution in [2.45, 2.75) is 162 Å². The van der Waals surface area contributed by atoms with E-state index in [1.165, 1.54) is 6.92 Å². The standard InChI is InChI=1S/C43H66O14/c1-10-21(2)36(53)57-34-33(50)43(20-45)24(17-38(34,4)5)23-11-12-26-39(6)15-14-27(55-37-31(49)29(47)30(48)32(56-37)35(51)52)40(7,19-44)25(39)13-16-41(26,8)42(23,9)18-28(43)54-22(3)46/h10-11,24-34,37,44-45,47-50H,12-20H2,1-9H3,(H,51,52)/b21-10+/t24-,25?,26?,27?,28-,29+,30+,31-,32+,33-,34-,37-,39+,40?,41-,42-,43+/m1/s1. The van der Waals surface area contributed by atoms with Gasteiger partial charge in [-0.3, -0.25) is 4.79 Å². The fraction of sp³-hybridized carbons (Fsp3) is 0.837. The van der Waals surface area contributed by atoms with Gasteiger partial charge in [-0.15, -0.1) is 0 Å². The molecule has 322 valence electrons. The van der Waals surface area contributed by atoms with Crippen molar-refractivity contribution in [1.29, 1.82) is 0 Å². The summed E-state index contributed by atoms with van der Waals surface area (Å²) < 4.78 is 24.0. The van der Waals surface area contributed by atoms with E-state index in [0.717, 1.165) is 12.0 Å². The largest absolute Gasteiger partial charge is 0.479 e. The molecule has 7 N–H and O–H groups in total. The number of carboxylic acids is 1. The van der Waals surface area contributed by atoms with E-state index in [4.69, 9.17) is 18.9 Å². The average Bonchev–Trinajstić information content (AvgIpc) is 3.13. The molecular weight excluding hydrogens is 740 g/mol. The van der Waals surface area contributed by atoms with Gasteiger partial charge in [0, 0.05) is 23.3 Å². The van der Waals surface area contributed by atoms with Gasteiger partial charge in [0.05, 0.1) is 24.7 Å². The Morgan fingerprint density at radius 2 is 1.53 bits per heavy atom. The molecule has 57 heavy (non-hydrogen) atoms. The van der Waals surface area contributed by atoms with Crippen LogP contribution in [0.4, 0.5) is 0 Å². The van der Waals surface area contributed by atoms with Crippen LogP contribution in [-0.2, 0) is 33.3 Å². The van der Waals surface area contributed by atoms with Crippen molar-refractivity contribution in [1.82, 2.24) is 0 Å². The van der Waals surface area contributed by atoms with Gasteiger partial charge in [0.15, 0.2) is 12.4 Å². The third kappa shape index (κ3) is 6.37. The van der Waals surface area contributed by atoms with Crippen molar-refractivity contribution in [3.63, 3.8) is 0 Å². The molecule has 1 heterocycles. The Bertz CT molecular complexity index is 1660. The van der Waals surface area contributed by atoms with Crippen LogP contribution in [0.1, 0.15) is 107 Å². The van der Waals surface area contributed by atoms with Crippen molar-refractivity contribution in [2.75, 3.05) is 13.2 Å². The van der Waals surface area contributed by atoms with Crippen molar-refractivity contribution >= 4 is 17.9 Å². The van der Waals surface area contributed by atoms with E-state index in [2.05, 4.69) is 26.8 Å². The van der Waals surface area contributed by atoms with Gasteiger partial charge in [-0.25, -0.2) is 9.59 Å². The molecule has 17 atom stereocenters. The molecule has 4 saturated carbocycles. The van der Waals surface area contributed by atoms with Crippen molar-refractivity contribution in [3.8, 4) is 0 Å². The SMILES string of the molecule is C/C=C(\C)C(=O)O[C@@H]1[C@@H](O)[C@@]2(CO)[C@H](CC1(C)C)C1=CCC3[C@@]4(C)CCC(O[C@@H]5O[C@H](C(=O)O)[C@@H](O)[C@H](O)[C@H]5O)C(C)(CO)C4CC[C@@]3(C)[C@]1(C)C[C@H]2OC(C)=O. The lowest BCUT2D eigenvalue weighted by Gasteiger charge is -2.72. The third-order valence-corrected chi connectivity index (χ3v) is 16.8. The smallest absolute Gasteiger partial charge is 0.335 e. The molecule has 0 bridgehead atoms. The van der Waals surface area contributed by atoms with Crippen molar-refractivity contribution in [3.05, 3.63) is 23.3 Å². The molecule has 6 rings (SSSR count). The van der Waals surface area contributed by atoms with Gasteiger partial charge in [0.2, 0.25) is 0 Å². The van der Waals surface area contributed by atoms with E-state index >= 15 is 0 Å². The van der Waals surface area contributed by atoms with Gasteiger partial charge in [0.1, 0.15) is 36.6 Å². The van der Waals surface area contributed by atoms with E-state index in [0.29, 0.717) is 44.1 Å². The first-order valence-electron chi connectivity index (χ1n) is 20.6. The number of carbonyl (C=O) groups excluding carboxylic acids is 2. The molecule has 14 nitrogen and oxygen atoms in total. The highest BCUT2D eigenvalue weighted by Crippen LogP contribution is 2.76. The van der Waals surface area contributed by atoms with Crippen LogP contribution < -0.4 is 0 Å². The second-order valence-corrected chi connectivity index (χ2v) is 19.9. The zero-order valence-corrected chi connectivity index (χ0v) is 34.9. The van der Waals surface area contributed by atoms with Gasteiger partial charge in [0.25, 0.3) is 0 Å². The topological polar surface area (TPSA) is 230 Å². The lowest BCUT2D eigenvalue weighted by atomic mass is 9.33. The first-order chi connectivity index (χ1) is 26.4. The van der Waals surface area contributed by atoms with Crippen LogP contribution in [-0.4, -0.2) is 122 Å². The summed E-state index contributed by atoms with van der Waals surface area (Å²) in [4.78, 5) is 37.9. The number of hydrogen-bond donors (Lipinski definition) is 7. The molecule has 1 saturated heterocycles. The third-order valence-electron chi connectivity index (χ3n) is 16.8. The molecule has 4 unspecified atom stereocenters. The molecule has 5 fully saturated rings. The minimum Gasteiger partial charge on any atom is -0.479 e. The summed E-state index contributed by atoms with van der Waals surface area (Å²) in [5, 5.41) is 76.2. The summed E-state index contributed by atoms with van der Waals surface area (Å²) in [6.45, 7) is 16.6. The maximum Gasteiger partial charge on any atom is 0.335 e. The van der Waals surface area contributed by atoms with Crippen LogP contribution in [0.2, 0.25) is 0 Å². The molecule has 0 aromatic carbocycles. The van der Waals surface area contributed by atoms with Crippen molar-refractivity contribution in [2.24, 2.45) is 50.2 Å². The van der Waals surface area contributed by atoms with Gasteiger partial charge in [-0.1, -0.05) is 59.3 Å². The zero-order chi connectivity index (χ0) is 42.4. The highest BCUT2D eigenvalue weighted by atomic mass is 16.7. The minimum absolute atomic E-state index is 0.0767. The number of aliphatic hydroxyl groups is 6. The van der Waals surface area contributed by atoms with Crippen LogP contribution in [0.5, 0.6) is 0 Å². The molecule has 5 aliphatic carbocycles. The minimum atomic E-state index is -1.85. The quantitative estimate of drug-likeness (QED) is 0.0810. The first-order valence-corrected chi connectivity index (χ1v) is 20.6. The summed E-state index contributed by atoms with van der Waals surface area (Å²) in [5.41, 5.74) is -2.69. The van der Waals surface area contributed by atoms with E-state index in [-0.39, 0.29) is 29.3 Å². The monoisotopic (exact) mass is 806 g/mol. The zero-order valence-electron chi connectivity index (χ0n) is 34.9. The Morgan fingerprint density at radius 1 is 0.860 bits per heavy atom. The molecular formula is C43H66O14. The highest BCUT2D eigenvalue weighted by molar-refractivity contribution is 5.87. The number of aliphatic hydroxyl groups excluding tert-OH is 6. The highest BCUT2D eigenvalue weighted by Gasteiger charge is 2.74. The fourth-order valence-corrected chi connectivity index (χ4v) is 13.3. The number of fused-ring (bicyclic) bond motifs is 7. The summed E-state index contributed by atoms with van der Waals surface area (Å²) in [5.74, 6) is -3.01. The molecule has 0 radical (unpaired) electrons. The van der Waals surface area contributed by atoms with Crippen LogP contribution in [0.15, 0.2) is 23.3 Å². The van der Waals surface area contributed by atoms with Crippen LogP contribution in [0.3, 0.4) is 0 Å². The average molecular weight is 807 g/mol. The Balaban J connectivity index is 1.37. The van der Waals surface area contributed by atoms with Gasteiger partial charge in [-0.2, -0.15) is 0 Å². The summed E-state index contributed by atoms with van der Waals surface area (Å²) in [7, 11) is 0. The lowest BCUT2D eigenvalue weighted by Crippen LogP contribution is -2.72. The Labute approximate surface area is 335 Å². The summed E-state index contributed by atoms with van der Waals surface area (Å²) in [6, 6.07) is 0. The van der Waals surface area contributed by atoms with E-state index in [1.807, 2.05) is 20.8 Å². The fourth-order valence-electron chi connectivity index (χ4n) is 13.3. The number of carbonyl (C=O) groups is 3. The Hall–Kier alpha value is -2.43. The second kappa shape index (κ2) is 14.9. The number of aliphatic carboxylic acids is 1. The predicted octanol–water partition coefficient (Wildman–Crippen LogP) is 3.03. The van der Waals surface area contributed by atoms with Crippen LogP contribution >= 0.6 is 0 Å².